The average molecular weight is 225 g/mol. The summed E-state index contributed by atoms with van der Waals surface area (Å²) in [5, 5.41) is 8.00. The van der Waals surface area contributed by atoms with E-state index in [1.807, 2.05) is 10.9 Å². The highest BCUT2D eigenvalue weighted by atomic mass is 15.4. The van der Waals surface area contributed by atoms with Gasteiger partial charge in [-0.15, -0.1) is 5.10 Å². The number of nitrogens with two attached hydrogens (primary N) is 1. The maximum atomic E-state index is 5.48. The van der Waals surface area contributed by atoms with E-state index in [9.17, 15) is 0 Å². The smallest absolute Gasteiger partial charge is 0.0962 e. The maximum Gasteiger partial charge on any atom is 0.0962 e. The van der Waals surface area contributed by atoms with Crippen molar-refractivity contribution in [2.75, 3.05) is 19.6 Å². The van der Waals surface area contributed by atoms with E-state index < -0.39 is 0 Å². The van der Waals surface area contributed by atoms with Gasteiger partial charge in [0.15, 0.2) is 0 Å². The van der Waals surface area contributed by atoms with Gasteiger partial charge in [-0.3, -0.25) is 4.68 Å². The molecule has 0 fully saturated rings. The molecule has 0 amide bonds. The van der Waals surface area contributed by atoms with Gasteiger partial charge in [-0.05, 0) is 19.5 Å². The zero-order chi connectivity index (χ0) is 11.8. The Kier molecular flexibility index (Phi) is 6.03. The zero-order valence-electron chi connectivity index (χ0n) is 10.4. The topological polar surface area (TPSA) is 60.0 Å². The Bertz CT molecular complexity index is 284. The molecular weight excluding hydrogens is 202 g/mol. The summed E-state index contributed by atoms with van der Waals surface area (Å²) in [5.74, 6) is 0. The molecule has 0 aliphatic carbocycles. The van der Waals surface area contributed by atoms with Crippen molar-refractivity contribution in [3.63, 3.8) is 0 Å². The Hall–Kier alpha value is -0.940. The highest BCUT2D eigenvalue weighted by Gasteiger charge is 2.03. The van der Waals surface area contributed by atoms with Crippen LogP contribution in [0.2, 0.25) is 0 Å². The van der Waals surface area contributed by atoms with E-state index in [-0.39, 0.29) is 0 Å². The van der Waals surface area contributed by atoms with Gasteiger partial charge in [0.25, 0.3) is 0 Å². The Balaban J connectivity index is 2.31. The van der Waals surface area contributed by atoms with Crippen molar-refractivity contribution in [1.29, 1.82) is 0 Å². The second kappa shape index (κ2) is 7.35. The van der Waals surface area contributed by atoms with Gasteiger partial charge in [-0.2, -0.15) is 0 Å². The molecule has 0 saturated carbocycles. The number of aromatic nitrogens is 3. The fourth-order valence-corrected chi connectivity index (χ4v) is 1.59. The quantitative estimate of drug-likeness (QED) is 0.713. The van der Waals surface area contributed by atoms with Crippen molar-refractivity contribution in [3.05, 3.63) is 11.9 Å². The van der Waals surface area contributed by atoms with Crippen LogP contribution in [0, 0.1) is 0 Å². The largest absolute Gasteiger partial charge is 0.325 e. The van der Waals surface area contributed by atoms with Gasteiger partial charge in [-0.1, -0.05) is 25.5 Å². The molecule has 5 heteroatoms. The Morgan fingerprint density at radius 2 is 2.19 bits per heavy atom. The lowest BCUT2D eigenvalue weighted by Gasteiger charge is -2.19. The first-order chi connectivity index (χ1) is 7.80. The lowest BCUT2D eigenvalue weighted by molar-refractivity contribution is 0.266. The van der Waals surface area contributed by atoms with E-state index >= 15 is 0 Å². The molecule has 16 heavy (non-hydrogen) atoms. The van der Waals surface area contributed by atoms with Crippen LogP contribution < -0.4 is 5.73 Å². The van der Waals surface area contributed by atoms with Gasteiger partial charge in [0.2, 0.25) is 0 Å². The van der Waals surface area contributed by atoms with E-state index in [4.69, 9.17) is 5.73 Å². The van der Waals surface area contributed by atoms with Gasteiger partial charge in [0, 0.05) is 19.3 Å². The zero-order valence-corrected chi connectivity index (χ0v) is 10.4. The van der Waals surface area contributed by atoms with Crippen LogP contribution in [0.5, 0.6) is 0 Å². The van der Waals surface area contributed by atoms with Gasteiger partial charge < -0.3 is 10.6 Å². The molecule has 1 aromatic rings. The molecule has 0 atom stereocenters. The summed E-state index contributed by atoms with van der Waals surface area (Å²) in [7, 11) is 0. The summed E-state index contributed by atoms with van der Waals surface area (Å²) in [6, 6.07) is 0. The summed E-state index contributed by atoms with van der Waals surface area (Å²) >= 11 is 0. The molecule has 1 heterocycles. The molecule has 0 radical (unpaired) electrons. The maximum absolute atomic E-state index is 5.48. The standard InChI is InChI=1S/C11H23N5/c1-3-5-6-15(4-2)7-8-16-10-11(9-12)13-14-16/h10H,3-9,12H2,1-2H3. The van der Waals surface area contributed by atoms with E-state index in [0.717, 1.165) is 25.3 Å². The van der Waals surface area contributed by atoms with E-state index in [2.05, 4.69) is 29.1 Å². The minimum absolute atomic E-state index is 0.466. The van der Waals surface area contributed by atoms with E-state index in [1.165, 1.54) is 19.4 Å². The molecule has 0 spiro atoms. The normalized spacial score (nSPS) is 11.2. The van der Waals surface area contributed by atoms with Crippen molar-refractivity contribution in [1.82, 2.24) is 19.9 Å². The fraction of sp³-hybridized carbons (Fsp3) is 0.818. The summed E-state index contributed by atoms with van der Waals surface area (Å²) in [5.41, 5.74) is 6.34. The first kappa shape index (κ1) is 13.1. The lowest BCUT2D eigenvalue weighted by atomic mass is 10.3. The highest BCUT2D eigenvalue weighted by Crippen LogP contribution is 1.97. The van der Waals surface area contributed by atoms with Gasteiger partial charge in [0.1, 0.15) is 0 Å². The van der Waals surface area contributed by atoms with Crippen LogP contribution in [0.3, 0.4) is 0 Å². The Morgan fingerprint density at radius 1 is 1.38 bits per heavy atom. The summed E-state index contributed by atoms with van der Waals surface area (Å²) in [4.78, 5) is 2.44. The molecule has 0 saturated heterocycles. The summed E-state index contributed by atoms with van der Waals surface area (Å²) < 4.78 is 1.87. The second-order valence-electron chi connectivity index (χ2n) is 3.96. The molecule has 0 unspecified atom stereocenters. The Morgan fingerprint density at radius 3 is 2.75 bits per heavy atom. The molecule has 0 aliphatic rings. The van der Waals surface area contributed by atoms with E-state index in [1.54, 1.807) is 0 Å². The minimum Gasteiger partial charge on any atom is -0.325 e. The number of rotatable bonds is 8. The van der Waals surface area contributed by atoms with Crippen LogP contribution in [0.1, 0.15) is 32.4 Å². The average Bonchev–Trinajstić information content (AvgIpc) is 2.77. The molecule has 1 aromatic heterocycles. The SMILES string of the molecule is CCCCN(CC)CCn1cc(CN)nn1. The third-order valence-electron chi connectivity index (χ3n) is 2.72. The molecule has 0 aliphatic heterocycles. The monoisotopic (exact) mass is 225 g/mol. The van der Waals surface area contributed by atoms with Crippen LogP contribution in [0.15, 0.2) is 6.20 Å². The van der Waals surface area contributed by atoms with Crippen LogP contribution >= 0.6 is 0 Å². The van der Waals surface area contributed by atoms with E-state index in [0.29, 0.717) is 6.54 Å². The van der Waals surface area contributed by atoms with Crippen molar-refractivity contribution < 1.29 is 0 Å². The molecule has 92 valence electrons. The molecule has 1 rings (SSSR count). The van der Waals surface area contributed by atoms with Crippen molar-refractivity contribution in [2.24, 2.45) is 5.73 Å². The third-order valence-corrected chi connectivity index (χ3v) is 2.72. The number of unbranched alkanes of at least 4 members (excludes halogenated alkanes) is 1. The number of hydrogen-bond donors (Lipinski definition) is 1. The minimum atomic E-state index is 0.466. The summed E-state index contributed by atoms with van der Waals surface area (Å²) in [6.07, 6.45) is 4.43. The first-order valence-electron chi connectivity index (χ1n) is 6.11. The van der Waals surface area contributed by atoms with Crippen molar-refractivity contribution in [3.8, 4) is 0 Å². The molecule has 2 N–H and O–H groups in total. The van der Waals surface area contributed by atoms with Crippen LogP contribution in [-0.2, 0) is 13.1 Å². The molecule has 0 aromatic carbocycles. The fourth-order valence-electron chi connectivity index (χ4n) is 1.59. The van der Waals surface area contributed by atoms with Crippen molar-refractivity contribution >= 4 is 0 Å². The highest BCUT2D eigenvalue weighted by molar-refractivity contribution is 4.90. The van der Waals surface area contributed by atoms with Gasteiger partial charge >= 0.3 is 0 Å². The van der Waals surface area contributed by atoms with Crippen LogP contribution in [0.25, 0.3) is 0 Å². The predicted molar refractivity (Wildman–Crippen MR) is 64.9 cm³/mol. The lowest BCUT2D eigenvalue weighted by Crippen LogP contribution is -2.28. The predicted octanol–water partition coefficient (Wildman–Crippen LogP) is 0.859. The number of hydrogen-bond acceptors (Lipinski definition) is 4. The van der Waals surface area contributed by atoms with Crippen LogP contribution in [0.4, 0.5) is 0 Å². The third kappa shape index (κ3) is 4.28. The molecule has 5 nitrogen and oxygen atoms in total. The molecule has 0 bridgehead atoms. The van der Waals surface area contributed by atoms with Crippen LogP contribution in [-0.4, -0.2) is 39.5 Å². The Labute approximate surface area is 97.6 Å². The van der Waals surface area contributed by atoms with Crippen molar-refractivity contribution in [2.45, 2.75) is 39.8 Å². The first-order valence-corrected chi connectivity index (χ1v) is 6.11. The second-order valence-corrected chi connectivity index (χ2v) is 3.96. The number of nitrogens with zero attached hydrogens (tertiary/aromatic N) is 4. The number of likely N-dealkylation sites (N-methyl/N-ethyl adjacent to an activating group) is 1. The van der Waals surface area contributed by atoms with Gasteiger partial charge in [0.05, 0.1) is 12.2 Å². The summed E-state index contributed by atoms with van der Waals surface area (Å²) in [6.45, 7) is 9.08. The van der Waals surface area contributed by atoms with Gasteiger partial charge in [-0.25, -0.2) is 0 Å². The molecular formula is C11H23N5.